The molecule has 154 valence electrons. The zero-order valence-corrected chi connectivity index (χ0v) is 17.3. The van der Waals surface area contributed by atoms with Crippen LogP contribution in [0.15, 0.2) is 30.5 Å². The lowest BCUT2D eigenvalue weighted by atomic mass is 9.98. The van der Waals surface area contributed by atoms with Crippen LogP contribution in [0, 0.1) is 0 Å². The summed E-state index contributed by atoms with van der Waals surface area (Å²) in [5.41, 5.74) is 2.87. The number of nitrogens with zero attached hydrogens (tertiary/aromatic N) is 2. The van der Waals surface area contributed by atoms with E-state index < -0.39 is 0 Å². The quantitative estimate of drug-likeness (QED) is 0.811. The van der Waals surface area contributed by atoms with Gasteiger partial charge in [0.2, 0.25) is 0 Å². The van der Waals surface area contributed by atoms with Crippen molar-refractivity contribution in [3.05, 3.63) is 52.8 Å². The van der Waals surface area contributed by atoms with Crippen LogP contribution in [0.2, 0.25) is 0 Å². The van der Waals surface area contributed by atoms with Crippen LogP contribution in [0.1, 0.15) is 52.2 Å². The fourth-order valence-corrected chi connectivity index (χ4v) is 3.32. The van der Waals surface area contributed by atoms with Crippen LogP contribution in [0.25, 0.3) is 0 Å². The lowest BCUT2D eigenvalue weighted by Gasteiger charge is -2.29. The van der Waals surface area contributed by atoms with Crippen molar-refractivity contribution in [1.29, 1.82) is 0 Å². The SMILES string of the molecule is CCC(C)NC(=O)c1ccnc(C(=O)N2CCc3cc(OC)c(OC)cc3C2)c1. The molecule has 29 heavy (non-hydrogen) atoms. The summed E-state index contributed by atoms with van der Waals surface area (Å²) in [5.74, 6) is 0.940. The molecule has 2 heterocycles. The van der Waals surface area contributed by atoms with Crippen LogP contribution in [0.3, 0.4) is 0 Å². The fraction of sp³-hybridized carbons (Fsp3) is 0.409. The molecule has 1 aliphatic rings. The second-order valence-electron chi connectivity index (χ2n) is 7.17. The molecule has 1 aliphatic heterocycles. The van der Waals surface area contributed by atoms with Gasteiger partial charge in [-0.3, -0.25) is 14.6 Å². The first kappa shape index (κ1) is 20.6. The maximum atomic E-state index is 13.0. The third kappa shape index (κ3) is 4.50. The maximum Gasteiger partial charge on any atom is 0.272 e. The summed E-state index contributed by atoms with van der Waals surface area (Å²) >= 11 is 0. The van der Waals surface area contributed by atoms with Crippen molar-refractivity contribution >= 4 is 11.8 Å². The number of ether oxygens (including phenoxy) is 2. The average molecular weight is 397 g/mol. The Morgan fingerprint density at radius 3 is 2.52 bits per heavy atom. The molecule has 0 aliphatic carbocycles. The van der Waals surface area contributed by atoms with Gasteiger partial charge in [-0.2, -0.15) is 0 Å². The van der Waals surface area contributed by atoms with Crippen molar-refractivity contribution in [2.24, 2.45) is 0 Å². The minimum Gasteiger partial charge on any atom is -0.493 e. The standard InChI is InChI=1S/C22H27N3O4/c1-5-14(2)24-21(26)16-6-8-23-18(10-16)22(27)25-9-7-15-11-19(28-3)20(29-4)12-17(15)13-25/h6,8,10-12,14H,5,7,9,13H2,1-4H3,(H,24,26). The number of pyridine rings is 1. The molecular formula is C22H27N3O4. The molecule has 2 aromatic rings. The number of hydrogen-bond acceptors (Lipinski definition) is 5. The number of aromatic nitrogens is 1. The summed E-state index contributed by atoms with van der Waals surface area (Å²) in [6.45, 7) is 4.98. The van der Waals surface area contributed by atoms with Crippen molar-refractivity contribution in [3.8, 4) is 11.5 Å². The first-order chi connectivity index (χ1) is 14.0. The van der Waals surface area contributed by atoms with Crippen LogP contribution < -0.4 is 14.8 Å². The Labute approximate surface area is 171 Å². The molecule has 0 bridgehead atoms. The highest BCUT2D eigenvalue weighted by Gasteiger charge is 2.25. The Kier molecular flexibility index (Phi) is 6.36. The van der Waals surface area contributed by atoms with E-state index in [4.69, 9.17) is 9.47 Å². The van der Waals surface area contributed by atoms with E-state index in [1.165, 1.54) is 6.20 Å². The van der Waals surface area contributed by atoms with Gasteiger partial charge in [0.25, 0.3) is 11.8 Å². The highest BCUT2D eigenvalue weighted by atomic mass is 16.5. The first-order valence-electron chi connectivity index (χ1n) is 9.76. The number of amides is 2. The molecule has 7 heteroatoms. The van der Waals surface area contributed by atoms with Crippen LogP contribution in [0.5, 0.6) is 11.5 Å². The smallest absolute Gasteiger partial charge is 0.272 e. The van der Waals surface area contributed by atoms with Gasteiger partial charge in [-0.25, -0.2) is 0 Å². The molecule has 0 spiro atoms. The normalized spacial score (nSPS) is 14.0. The summed E-state index contributed by atoms with van der Waals surface area (Å²) in [7, 11) is 3.20. The Balaban J connectivity index is 1.78. The van der Waals surface area contributed by atoms with E-state index in [1.807, 2.05) is 26.0 Å². The summed E-state index contributed by atoms with van der Waals surface area (Å²) in [6, 6.07) is 7.13. The fourth-order valence-electron chi connectivity index (χ4n) is 3.32. The Morgan fingerprint density at radius 1 is 1.17 bits per heavy atom. The average Bonchev–Trinajstić information content (AvgIpc) is 2.76. The maximum absolute atomic E-state index is 13.0. The molecule has 0 saturated carbocycles. The Bertz CT molecular complexity index is 913. The number of methoxy groups -OCH3 is 2. The highest BCUT2D eigenvalue weighted by Crippen LogP contribution is 2.33. The van der Waals surface area contributed by atoms with E-state index in [9.17, 15) is 9.59 Å². The topological polar surface area (TPSA) is 80.8 Å². The third-order valence-electron chi connectivity index (χ3n) is 5.24. The van der Waals surface area contributed by atoms with Gasteiger partial charge in [0.1, 0.15) is 5.69 Å². The van der Waals surface area contributed by atoms with Gasteiger partial charge in [0, 0.05) is 30.9 Å². The zero-order valence-electron chi connectivity index (χ0n) is 17.3. The molecule has 0 fully saturated rings. The van der Waals surface area contributed by atoms with Crippen LogP contribution >= 0.6 is 0 Å². The Hall–Kier alpha value is -3.09. The molecule has 0 radical (unpaired) electrons. The monoisotopic (exact) mass is 397 g/mol. The van der Waals surface area contributed by atoms with E-state index in [2.05, 4.69) is 10.3 Å². The number of rotatable bonds is 6. The van der Waals surface area contributed by atoms with Gasteiger partial charge in [-0.1, -0.05) is 6.92 Å². The van der Waals surface area contributed by atoms with E-state index in [0.29, 0.717) is 30.2 Å². The zero-order chi connectivity index (χ0) is 21.0. The molecule has 1 unspecified atom stereocenters. The van der Waals surface area contributed by atoms with Crippen molar-refractivity contribution < 1.29 is 19.1 Å². The molecule has 1 N–H and O–H groups in total. The summed E-state index contributed by atoms with van der Waals surface area (Å²) in [5, 5.41) is 2.91. The van der Waals surface area contributed by atoms with E-state index >= 15 is 0 Å². The lowest BCUT2D eigenvalue weighted by molar-refractivity contribution is 0.0728. The predicted octanol–water partition coefficient (Wildman–Crippen LogP) is 2.83. The number of carbonyl (C=O) groups excluding carboxylic acids is 2. The van der Waals surface area contributed by atoms with Crippen molar-refractivity contribution in [3.63, 3.8) is 0 Å². The largest absolute Gasteiger partial charge is 0.493 e. The molecule has 3 rings (SSSR count). The van der Waals surface area contributed by atoms with Crippen LogP contribution in [0.4, 0.5) is 0 Å². The molecule has 1 aromatic heterocycles. The Morgan fingerprint density at radius 2 is 1.86 bits per heavy atom. The first-order valence-corrected chi connectivity index (χ1v) is 9.76. The van der Waals surface area contributed by atoms with E-state index in [-0.39, 0.29) is 23.6 Å². The van der Waals surface area contributed by atoms with E-state index in [1.54, 1.807) is 31.3 Å². The number of hydrogen-bond donors (Lipinski definition) is 1. The van der Waals surface area contributed by atoms with Gasteiger partial charge in [-0.05, 0) is 55.2 Å². The number of carbonyl (C=O) groups is 2. The molecule has 7 nitrogen and oxygen atoms in total. The van der Waals surface area contributed by atoms with Crippen LogP contribution in [-0.2, 0) is 13.0 Å². The van der Waals surface area contributed by atoms with Crippen molar-refractivity contribution in [2.45, 2.75) is 39.3 Å². The van der Waals surface area contributed by atoms with Crippen molar-refractivity contribution in [1.82, 2.24) is 15.2 Å². The highest BCUT2D eigenvalue weighted by molar-refractivity contribution is 5.98. The number of benzene rings is 1. The lowest BCUT2D eigenvalue weighted by Crippen LogP contribution is -2.37. The van der Waals surface area contributed by atoms with Gasteiger partial charge < -0.3 is 19.7 Å². The minimum absolute atomic E-state index is 0.0698. The predicted molar refractivity (Wildman–Crippen MR) is 109 cm³/mol. The second kappa shape index (κ2) is 8.94. The molecule has 0 saturated heterocycles. The minimum atomic E-state index is -0.198. The summed E-state index contributed by atoms with van der Waals surface area (Å²) in [4.78, 5) is 31.3. The molecule has 2 amide bonds. The van der Waals surface area contributed by atoms with Gasteiger partial charge in [-0.15, -0.1) is 0 Å². The van der Waals surface area contributed by atoms with Crippen LogP contribution in [-0.4, -0.2) is 48.5 Å². The summed E-state index contributed by atoms with van der Waals surface area (Å²) in [6.07, 6.45) is 3.06. The third-order valence-corrected chi connectivity index (χ3v) is 5.24. The van der Waals surface area contributed by atoms with Gasteiger partial charge >= 0.3 is 0 Å². The van der Waals surface area contributed by atoms with Gasteiger partial charge in [0.15, 0.2) is 11.5 Å². The molecule has 1 atom stereocenters. The number of fused-ring (bicyclic) bond motifs is 1. The van der Waals surface area contributed by atoms with Crippen molar-refractivity contribution in [2.75, 3.05) is 20.8 Å². The molecular weight excluding hydrogens is 370 g/mol. The number of nitrogens with one attached hydrogen (secondary N) is 1. The molecule has 1 aromatic carbocycles. The second-order valence-corrected chi connectivity index (χ2v) is 7.17. The summed E-state index contributed by atoms with van der Waals surface area (Å²) < 4.78 is 10.7. The van der Waals surface area contributed by atoms with Gasteiger partial charge in [0.05, 0.1) is 14.2 Å². The van der Waals surface area contributed by atoms with E-state index in [0.717, 1.165) is 24.0 Å².